The second-order valence-electron chi connectivity index (χ2n) is 4.79. The van der Waals surface area contributed by atoms with Gasteiger partial charge in [-0.2, -0.15) is 0 Å². The fourth-order valence-electron chi connectivity index (χ4n) is 2.44. The molecule has 19 heavy (non-hydrogen) atoms. The minimum Gasteiger partial charge on any atom is -0.486 e. The summed E-state index contributed by atoms with van der Waals surface area (Å²) in [5.41, 5.74) is 14.0. The predicted molar refractivity (Wildman–Crippen MR) is 76.2 cm³/mol. The van der Waals surface area contributed by atoms with Gasteiger partial charge in [-0.3, -0.25) is 0 Å². The van der Waals surface area contributed by atoms with Gasteiger partial charge >= 0.3 is 0 Å². The highest BCUT2D eigenvalue weighted by atomic mass is 16.5. The molecule has 0 saturated heterocycles. The van der Waals surface area contributed by atoms with Crippen molar-refractivity contribution >= 4 is 12.0 Å². The summed E-state index contributed by atoms with van der Waals surface area (Å²) in [6.45, 7) is 0. The summed E-state index contributed by atoms with van der Waals surface area (Å²) < 4.78 is 6.04. The van der Waals surface area contributed by atoms with Crippen LogP contribution in [-0.2, 0) is 4.74 Å². The molecule has 1 aliphatic heterocycles. The van der Waals surface area contributed by atoms with Crippen LogP contribution in [0.1, 0.15) is 30.0 Å². The Labute approximate surface area is 112 Å². The maximum absolute atomic E-state index is 6.11. The third kappa shape index (κ3) is 2.39. The summed E-state index contributed by atoms with van der Waals surface area (Å²) in [6, 6.07) is 8.16. The Balaban J connectivity index is 1.84. The average molecular weight is 255 g/mol. The molecule has 0 bridgehead atoms. The number of nitrogens with two attached hydrogens (primary N) is 2. The van der Waals surface area contributed by atoms with Gasteiger partial charge in [0.25, 0.3) is 0 Å². The molecular weight excluding hydrogens is 238 g/mol. The number of nitrogens with zero attached hydrogens (tertiary/aromatic N) is 1. The van der Waals surface area contributed by atoms with E-state index in [-0.39, 0.29) is 12.1 Å². The molecule has 0 radical (unpaired) electrons. The van der Waals surface area contributed by atoms with Gasteiger partial charge in [0.1, 0.15) is 17.7 Å². The molecule has 0 amide bonds. The molecule has 0 fully saturated rings. The summed E-state index contributed by atoms with van der Waals surface area (Å²) in [4.78, 5) is 4.02. The molecule has 0 saturated carbocycles. The fraction of sp³-hybridized carbons (Fsp3) is 0.267. The number of fused-ring (bicyclic) bond motifs is 1. The van der Waals surface area contributed by atoms with Crippen LogP contribution in [0.25, 0.3) is 5.76 Å². The molecular formula is C15H17N3O. The Morgan fingerprint density at radius 1 is 1.21 bits per heavy atom. The lowest BCUT2D eigenvalue weighted by atomic mass is 9.92. The van der Waals surface area contributed by atoms with Gasteiger partial charge in [0.2, 0.25) is 0 Å². The summed E-state index contributed by atoms with van der Waals surface area (Å²) >= 11 is 0. The molecule has 4 nitrogen and oxygen atoms in total. The maximum atomic E-state index is 6.11. The zero-order chi connectivity index (χ0) is 13.2. The Hall–Kier alpha value is -2.07. The number of rotatable bonds is 2. The highest BCUT2D eigenvalue weighted by molar-refractivity contribution is 5.67. The van der Waals surface area contributed by atoms with Gasteiger partial charge in [-0.05, 0) is 24.1 Å². The minimum atomic E-state index is -0.0499. The van der Waals surface area contributed by atoms with Gasteiger partial charge in [0.15, 0.2) is 0 Å². The Bertz CT molecular complexity index is 575. The lowest BCUT2D eigenvalue weighted by Crippen LogP contribution is -2.20. The van der Waals surface area contributed by atoms with Crippen molar-refractivity contribution in [3.63, 3.8) is 0 Å². The van der Waals surface area contributed by atoms with E-state index in [0.29, 0.717) is 5.82 Å². The molecule has 0 aromatic heterocycles. The van der Waals surface area contributed by atoms with Crippen LogP contribution in [0.2, 0.25) is 0 Å². The lowest BCUT2D eigenvalue weighted by molar-refractivity contribution is 0.215. The average Bonchev–Trinajstić information content (AvgIpc) is 2.42. The summed E-state index contributed by atoms with van der Waals surface area (Å²) in [6.07, 6.45) is 7.19. The van der Waals surface area contributed by atoms with Crippen LogP contribution in [0.4, 0.5) is 0 Å². The molecule has 98 valence electrons. The number of hydrogen-bond acceptors (Lipinski definition) is 4. The van der Waals surface area contributed by atoms with Crippen molar-refractivity contribution in [2.75, 3.05) is 0 Å². The first-order valence-corrected chi connectivity index (χ1v) is 6.45. The first-order valence-electron chi connectivity index (χ1n) is 6.45. The largest absolute Gasteiger partial charge is 0.486 e. The van der Waals surface area contributed by atoms with E-state index in [1.54, 1.807) is 6.21 Å². The molecule has 4 N–H and O–H groups in total. The molecule has 0 spiro atoms. The van der Waals surface area contributed by atoms with E-state index < -0.39 is 0 Å². The molecule has 1 aliphatic carbocycles. The standard InChI is InChI=1S/C15H17N3O/c16-13-5-6-14(12-4-2-1-3-11(12)13)19-10-7-8-18-15(17)9-10/h1-4,6,8-10,13H,5,7,16-17H2. The van der Waals surface area contributed by atoms with Gasteiger partial charge in [-0.25, -0.2) is 4.99 Å². The van der Waals surface area contributed by atoms with Crippen LogP contribution in [0.5, 0.6) is 0 Å². The fourth-order valence-corrected chi connectivity index (χ4v) is 2.44. The smallest absolute Gasteiger partial charge is 0.126 e. The molecule has 1 aromatic rings. The highest BCUT2D eigenvalue weighted by Crippen LogP contribution is 2.33. The first kappa shape index (κ1) is 12.0. The van der Waals surface area contributed by atoms with Crippen LogP contribution in [0.3, 0.4) is 0 Å². The van der Waals surface area contributed by atoms with E-state index in [1.165, 1.54) is 0 Å². The SMILES string of the molecule is NC1=CC(OC2=CCC(N)c3ccccc32)CC=N1. The predicted octanol–water partition coefficient (Wildman–Crippen LogP) is 2.09. The number of hydrogen-bond donors (Lipinski definition) is 2. The van der Waals surface area contributed by atoms with Crippen LogP contribution in [0, 0.1) is 0 Å². The third-order valence-electron chi connectivity index (χ3n) is 3.40. The van der Waals surface area contributed by atoms with Crippen molar-refractivity contribution in [1.82, 2.24) is 0 Å². The zero-order valence-corrected chi connectivity index (χ0v) is 10.6. The normalized spacial score (nSPS) is 25.3. The molecule has 1 aromatic carbocycles. The van der Waals surface area contributed by atoms with Gasteiger partial charge in [-0.1, -0.05) is 24.3 Å². The van der Waals surface area contributed by atoms with Crippen LogP contribution < -0.4 is 11.5 Å². The zero-order valence-electron chi connectivity index (χ0n) is 10.6. The summed E-state index contributed by atoms with van der Waals surface area (Å²) in [5.74, 6) is 1.40. The van der Waals surface area contributed by atoms with Gasteiger partial charge in [-0.15, -0.1) is 0 Å². The van der Waals surface area contributed by atoms with Gasteiger partial charge in [0.05, 0.1) is 0 Å². The van der Waals surface area contributed by atoms with Crippen molar-refractivity contribution in [3.05, 3.63) is 53.4 Å². The molecule has 1 heterocycles. The highest BCUT2D eigenvalue weighted by Gasteiger charge is 2.21. The Morgan fingerprint density at radius 3 is 2.89 bits per heavy atom. The molecule has 2 unspecified atom stereocenters. The second-order valence-corrected chi connectivity index (χ2v) is 4.79. The molecule has 3 rings (SSSR count). The van der Waals surface area contributed by atoms with Crippen molar-refractivity contribution in [1.29, 1.82) is 0 Å². The van der Waals surface area contributed by atoms with Crippen molar-refractivity contribution < 1.29 is 4.74 Å². The number of benzene rings is 1. The molecule has 2 aliphatic rings. The van der Waals surface area contributed by atoms with Crippen molar-refractivity contribution in [2.45, 2.75) is 25.0 Å². The minimum absolute atomic E-state index is 0.0499. The second kappa shape index (κ2) is 4.90. The molecule has 2 atom stereocenters. The van der Waals surface area contributed by atoms with E-state index in [1.807, 2.05) is 24.3 Å². The Kier molecular flexibility index (Phi) is 3.09. The van der Waals surface area contributed by atoms with Crippen LogP contribution in [-0.4, -0.2) is 12.3 Å². The number of aliphatic imine (C=N–C) groups is 1. The van der Waals surface area contributed by atoms with Crippen molar-refractivity contribution in [2.24, 2.45) is 16.5 Å². The Morgan fingerprint density at radius 2 is 2.05 bits per heavy atom. The van der Waals surface area contributed by atoms with E-state index in [9.17, 15) is 0 Å². The third-order valence-corrected chi connectivity index (χ3v) is 3.40. The van der Waals surface area contributed by atoms with Crippen molar-refractivity contribution in [3.8, 4) is 0 Å². The van der Waals surface area contributed by atoms with Gasteiger partial charge in [0, 0.05) is 24.2 Å². The summed E-state index contributed by atoms with van der Waals surface area (Å²) in [7, 11) is 0. The van der Waals surface area contributed by atoms with Crippen LogP contribution >= 0.6 is 0 Å². The molecule has 4 heteroatoms. The van der Waals surface area contributed by atoms with Crippen LogP contribution in [0.15, 0.2) is 47.2 Å². The maximum Gasteiger partial charge on any atom is 0.126 e. The van der Waals surface area contributed by atoms with E-state index in [0.717, 1.165) is 29.7 Å². The van der Waals surface area contributed by atoms with Gasteiger partial charge < -0.3 is 16.2 Å². The quantitative estimate of drug-likeness (QED) is 0.849. The topological polar surface area (TPSA) is 73.6 Å². The monoisotopic (exact) mass is 255 g/mol. The summed E-state index contributed by atoms with van der Waals surface area (Å²) in [5, 5.41) is 0. The van der Waals surface area contributed by atoms with E-state index in [2.05, 4.69) is 17.1 Å². The van der Waals surface area contributed by atoms with E-state index in [4.69, 9.17) is 16.2 Å². The first-order chi connectivity index (χ1) is 9.24. The lowest BCUT2D eigenvalue weighted by Gasteiger charge is -2.26. The number of ether oxygens (including phenoxy) is 1. The van der Waals surface area contributed by atoms with E-state index >= 15 is 0 Å².